The van der Waals surface area contributed by atoms with E-state index in [0.717, 1.165) is 5.69 Å². The summed E-state index contributed by atoms with van der Waals surface area (Å²) in [7, 11) is 4.76. The molecule has 1 atom stereocenters. The predicted molar refractivity (Wildman–Crippen MR) is 75.4 cm³/mol. The first-order valence-electron chi connectivity index (χ1n) is 6.24. The van der Waals surface area contributed by atoms with E-state index in [-0.39, 0.29) is 18.6 Å². The lowest BCUT2D eigenvalue weighted by atomic mass is 10.0. The molecule has 0 saturated carbocycles. The molecular formula is C14H23NO4. The average Bonchev–Trinajstić information content (AvgIpc) is 2.43. The van der Waals surface area contributed by atoms with Gasteiger partial charge in [-0.3, -0.25) is 0 Å². The summed E-state index contributed by atoms with van der Waals surface area (Å²) in [5.41, 5.74) is 0.721. The average molecular weight is 269 g/mol. The zero-order valence-electron chi connectivity index (χ0n) is 12.2. The van der Waals surface area contributed by atoms with E-state index in [0.29, 0.717) is 17.2 Å². The summed E-state index contributed by atoms with van der Waals surface area (Å²) >= 11 is 0. The molecule has 1 rings (SSSR count). The number of anilines is 1. The van der Waals surface area contributed by atoms with Gasteiger partial charge >= 0.3 is 0 Å². The van der Waals surface area contributed by atoms with Crippen LogP contribution < -0.4 is 19.5 Å². The first kappa shape index (κ1) is 15.4. The maximum Gasteiger partial charge on any atom is 0.149 e. The number of hydrogen-bond donors (Lipinski definition) is 2. The third-order valence-corrected chi connectivity index (χ3v) is 3.05. The minimum atomic E-state index is -0.0730. The molecule has 0 spiro atoms. The van der Waals surface area contributed by atoms with Crippen molar-refractivity contribution in [3.05, 3.63) is 12.1 Å². The van der Waals surface area contributed by atoms with Gasteiger partial charge in [0.15, 0.2) is 0 Å². The minimum Gasteiger partial charge on any atom is -0.496 e. The van der Waals surface area contributed by atoms with Gasteiger partial charge in [-0.15, -0.1) is 0 Å². The first-order chi connectivity index (χ1) is 9.07. The number of aliphatic hydroxyl groups is 1. The van der Waals surface area contributed by atoms with Crippen LogP contribution in [0.5, 0.6) is 17.2 Å². The zero-order valence-corrected chi connectivity index (χ0v) is 12.2. The van der Waals surface area contributed by atoms with Crippen LogP contribution in [0.1, 0.15) is 13.8 Å². The van der Waals surface area contributed by atoms with E-state index < -0.39 is 0 Å². The van der Waals surface area contributed by atoms with E-state index in [1.165, 1.54) is 0 Å². The molecule has 1 unspecified atom stereocenters. The van der Waals surface area contributed by atoms with Gasteiger partial charge in [0, 0.05) is 12.1 Å². The van der Waals surface area contributed by atoms with Crippen molar-refractivity contribution in [1.29, 1.82) is 0 Å². The second kappa shape index (κ2) is 7.09. The Morgan fingerprint density at radius 1 is 1.05 bits per heavy atom. The van der Waals surface area contributed by atoms with Gasteiger partial charge in [0.1, 0.15) is 22.9 Å². The van der Waals surface area contributed by atoms with Crippen molar-refractivity contribution >= 4 is 5.69 Å². The molecule has 0 aliphatic carbocycles. The van der Waals surface area contributed by atoms with Gasteiger partial charge in [-0.25, -0.2) is 0 Å². The summed E-state index contributed by atoms with van der Waals surface area (Å²) < 4.78 is 15.9. The van der Waals surface area contributed by atoms with Crippen LogP contribution in [0.2, 0.25) is 0 Å². The molecular weight excluding hydrogens is 246 g/mol. The predicted octanol–water partition coefficient (Wildman–Crippen LogP) is 2.14. The highest BCUT2D eigenvalue weighted by Gasteiger charge is 2.19. The smallest absolute Gasteiger partial charge is 0.149 e. The maximum atomic E-state index is 9.42. The minimum absolute atomic E-state index is 0.0377. The molecule has 0 fully saturated rings. The summed E-state index contributed by atoms with van der Waals surface area (Å²) in [6.07, 6.45) is 0. The quantitative estimate of drug-likeness (QED) is 0.794. The fourth-order valence-corrected chi connectivity index (χ4v) is 1.76. The van der Waals surface area contributed by atoms with Gasteiger partial charge in [0.05, 0.1) is 34.0 Å². The number of ether oxygens (including phenoxy) is 3. The van der Waals surface area contributed by atoms with Crippen LogP contribution >= 0.6 is 0 Å². The number of rotatable bonds is 7. The number of hydrogen-bond acceptors (Lipinski definition) is 5. The topological polar surface area (TPSA) is 60.0 Å². The summed E-state index contributed by atoms with van der Waals surface area (Å²) in [6, 6.07) is 3.48. The largest absolute Gasteiger partial charge is 0.496 e. The maximum absolute atomic E-state index is 9.42. The third-order valence-electron chi connectivity index (χ3n) is 3.05. The van der Waals surface area contributed by atoms with E-state index in [1.54, 1.807) is 33.5 Å². The third kappa shape index (κ3) is 3.67. The van der Waals surface area contributed by atoms with Crippen molar-refractivity contribution < 1.29 is 19.3 Å². The van der Waals surface area contributed by atoms with E-state index in [9.17, 15) is 5.11 Å². The summed E-state index contributed by atoms with van der Waals surface area (Å²) in [5, 5.41) is 12.7. The van der Waals surface area contributed by atoms with Gasteiger partial charge in [-0.1, -0.05) is 13.8 Å². The monoisotopic (exact) mass is 269 g/mol. The van der Waals surface area contributed by atoms with E-state index in [4.69, 9.17) is 14.2 Å². The lowest BCUT2D eigenvalue weighted by Gasteiger charge is -2.24. The van der Waals surface area contributed by atoms with Crippen LogP contribution in [-0.2, 0) is 0 Å². The van der Waals surface area contributed by atoms with Crippen LogP contribution in [0, 0.1) is 5.92 Å². The van der Waals surface area contributed by atoms with Crippen molar-refractivity contribution in [2.45, 2.75) is 19.9 Å². The van der Waals surface area contributed by atoms with Crippen LogP contribution in [0.4, 0.5) is 5.69 Å². The molecule has 0 amide bonds. The number of benzene rings is 1. The standard InChI is InChI=1S/C14H23NO4/c1-9(2)11(8-16)15-14-12(18-4)6-10(17-3)7-13(14)19-5/h6-7,9,11,15-16H,8H2,1-5H3. The Bertz CT molecular complexity index is 381. The van der Waals surface area contributed by atoms with E-state index in [2.05, 4.69) is 5.32 Å². The molecule has 0 heterocycles. The van der Waals surface area contributed by atoms with Crippen molar-refractivity contribution in [2.24, 2.45) is 5.92 Å². The van der Waals surface area contributed by atoms with Crippen LogP contribution in [0.15, 0.2) is 12.1 Å². The van der Waals surface area contributed by atoms with Crippen molar-refractivity contribution in [2.75, 3.05) is 33.3 Å². The van der Waals surface area contributed by atoms with Gasteiger partial charge in [0.2, 0.25) is 0 Å². The SMILES string of the molecule is COc1cc(OC)c(NC(CO)C(C)C)c(OC)c1. The molecule has 0 aliphatic rings. The Labute approximate surface area is 114 Å². The Kier molecular flexibility index (Phi) is 5.76. The molecule has 0 saturated heterocycles. The van der Waals surface area contributed by atoms with E-state index in [1.807, 2.05) is 13.8 Å². The Morgan fingerprint density at radius 2 is 1.58 bits per heavy atom. The molecule has 5 heteroatoms. The fourth-order valence-electron chi connectivity index (χ4n) is 1.76. The lowest BCUT2D eigenvalue weighted by molar-refractivity contribution is 0.248. The highest BCUT2D eigenvalue weighted by atomic mass is 16.5. The van der Waals surface area contributed by atoms with Crippen molar-refractivity contribution in [1.82, 2.24) is 0 Å². The lowest BCUT2D eigenvalue weighted by Crippen LogP contribution is -2.29. The number of nitrogens with one attached hydrogen (secondary N) is 1. The van der Waals surface area contributed by atoms with Crippen LogP contribution in [0.3, 0.4) is 0 Å². The van der Waals surface area contributed by atoms with Gasteiger partial charge in [-0.05, 0) is 5.92 Å². The Hall–Kier alpha value is -1.62. The highest BCUT2D eigenvalue weighted by molar-refractivity contribution is 5.69. The van der Waals surface area contributed by atoms with Crippen LogP contribution in [-0.4, -0.2) is 39.1 Å². The van der Waals surface area contributed by atoms with Gasteiger partial charge in [0.25, 0.3) is 0 Å². The Morgan fingerprint density at radius 3 is 1.89 bits per heavy atom. The number of methoxy groups -OCH3 is 3. The molecule has 0 aliphatic heterocycles. The molecule has 2 N–H and O–H groups in total. The molecule has 0 bridgehead atoms. The molecule has 19 heavy (non-hydrogen) atoms. The van der Waals surface area contributed by atoms with Crippen molar-refractivity contribution in [3.8, 4) is 17.2 Å². The zero-order chi connectivity index (χ0) is 14.4. The van der Waals surface area contributed by atoms with Gasteiger partial charge < -0.3 is 24.6 Å². The van der Waals surface area contributed by atoms with Crippen LogP contribution in [0.25, 0.3) is 0 Å². The summed E-state index contributed by atoms with van der Waals surface area (Å²) in [5.74, 6) is 2.18. The highest BCUT2D eigenvalue weighted by Crippen LogP contribution is 2.39. The second-order valence-corrected chi connectivity index (χ2v) is 4.58. The first-order valence-corrected chi connectivity index (χ1v) is 6.24. The molecule has 108 valence electrons. The van der Waals surface area contributed by atoms with Gasteiger partial charge in [-0.2, -0.15) is 0 Å². The molecule has 0 radical (unpaired) electrons. The Balaban J connectivity index is 3.16. The van der Waals surface area contributed by atoms with Crippen molar-refractivity contribution in [3.63, 3.8) is 0 Å². The summed E-state index contributed by atoms with van der Waals surface area (Å²) in [4.78, 5) is 0. The molecule has 1 aromatic rings. The molecule has 5 nitrogen and oxygen atoms in total. The fraction of sp³-hybridized carbons (Fsp3) is 0.571. The normalized spacial score (nSPS) is 12.2. The molecule has 0 aromatic heterocycles. The summed E-state index contributed by atoms with van der Waals surface area (Å²) in [6.45, 7) is 4.11. The van der Waals surface area contributed by atoms with E-state index >= 15 is 0 Å². The molecule has 1 aromatic carbocycles. The second-order valence-electron chi connectivity index (χ2n) is 4.58. The number of aliphatic hydroxyl groups excluding tert-OH is 1.